The summed E-state index contributed by atoms with van der Waals surface area (Å²) in [5.41, 5.74) is 3.24. The fourth-order valence-corrected chi connectivity index (χ4v) is 3.30. The Kier molecular flexibility index (Phi) is 3.17. The van der Waals surface area contributed by atoms with Gasteiger partial charge in [0.15, 0.2) is 5.60 Å². The Morgan fingerprint density at radius 3 is 2.08 bits per heavy atom. The SMILES string of the molecule is Cc1ccc(C2(c3ccc(O)cc3)OC(=O)c3ccccc32)cc1. The van der Waals surface area contributed by atoms with Crippen molar-refractivity contribution in [1.82, 2.24) is 0 Å². The molecule has 4 rings (SSSR count). The molecule has 0 saturated carbocycles. The van der Waals surface area contributed by atoms with E-state index in [1.54, 1.807) is 30.3 Å². The number of phenolic OH excluding ortho intramolecular Hbond substituents is 1. The number of phenols is 1. The summed E-state index contributed by atoms with van der Waals surface area (Å²) in [4.78, 5) is 12.5. The maximum Gasteiger partial charge on any atom is 0.340 e. The molecule has 1 atom stereocenters. The summed E-state index contributed by atoms with van der Waals surface area (Å²) in [5.74, 6) is -0.158. The molecule has 1 aliphatic heterocycles. The summed E-state index contributed by atoms with van der Waals surface area (Å²) in [6, 6.07) is 22.2. The van der Waals surface area contributed by atoms with Crippen molar-refractivity contribution in [2.24, 2.45) is 0 Å². The van der Waals surface area contributed by atoms with Gasteiger partial charge in [-0.05, 0) is 25.1 Å². The summed E-state index contributed by atoms with van der Waals surface area (Å²) in [5, 5.41) is 9.63. The van der Waals surface area contributed by atoms with Crippen LogP contribution in [0.15, 0.2) is 72.8 Å². The summed E-state index contributed by atoms with van der Waals surface area (Å²) < 4.78 is 5.95. The highest BCUT2D eigenvalue weighted by Gasteiger charge is 2.48. The molecule has 0 aliphatic carbocycles. The first kappa shape index (κ1) is 14.5. The van der Waals surface area contributed by atoms with E-state index in [2.05, 4.69) is 0 Å². The summed E-state index contributed by atoms with van der Waals surface area (Å²) in [6.45, 7) is 2.02. The molecule has 3 aromatic rings. The van der Waals surface area contributed by atoms with E-state index in [1.807, 2.05) is 49.4 Å². The third-order valence-corrected chi connectivity index (χ3v) is 4.50. The topological polar surface area (TPSA) is 46.5 Å². The molecule has 0 spiro atoms. The van der Waals surface area contributed by atoms with Crippen molar-refractivity contribution in [2.45, 2.75) is 12.5 Å². The second-order valence-electron chi connectivity index (χ2n) is 6.03. The van der Waals surface area contributed by atoms with Crippen LogP contribution in [0, 0.1) is 6.92 Å². The zero-order chi connectivity index (χ0) is 16.7. The number of hydrogen-bond acceptors (Lipinski definition) is 3. The van der Waals surface area contributed by atoms with Crippen LogP contribution >= 0.6 is 0 Å². The second-order valence-corrected chi connectivity index (χ2v) is 6.03. The summed E-state index contributed by atoms with van der Waals surface area (Å²) >= 11 is 0. The Hall–Kier alpha value is -3.07. The van der Waals surface area contributed by atoms with Crippen LogP contribution in [-0.4, -0.2) is 11.1 Å². The van der Waals surface area contributed by atoms with Gasteiger partial charge in [0.1, 0.15) is 5.75 Å². The highest BCUT2D eigenvalue weighted by molar-refractivity contribution is 5.96. The van der Waals surface area contributed by atoms with Crippen molar-refractivity contribution in [1.29, 1.82) is 0 Å². The number of carbonyl (C=O) groups excluding carboxylic acids is 1. The highest BCUT2D eigenvalue weighted by atomic mass is 16.6. The van der Waals surface area contributed by atoms with Crippen LogP contribution in [0.1, 0.15) is 32.6 Å². The Labute approximate surface area is 140 Å². The van der Waals surface area contributed by atoms with Gasteiger partial charge in [-0.2, -0.15) is 0 Å². The van der Waals surface area contributed by atoms with Crippen molar-refractivity contribution in [2.75, 3.05) is 0 Å². The number of esters is 1. The van der Waals surface area contributed by atoms with Crippen LogP contribution < -0.4 is 0 Å². The second kappa shape index (κ2) is 5.24. The fourth-order valence-electron chi connectivity index (χ4n) is 3.30. The lowest BCUT2D eigenvalue weighted by Crippen LogP contribution is -2.29. The number of benzene rings is 3. The lowest BCUT2D eigenvalue weighted by molar-refractivity contribution is 0.0251. The minimum atomic E-state index is -0.991. The number of fused-ring (bicyclic) bond motifs is 1. The van der Waals surface area contributed by atoms with Gasteiger partial charge in [-0.1, -0.05) is 60.2 Å². The van der Waals surface area contributed by atoms with Gasteiger partial charge < -0.3 is 9.84 Å². The van der Waals surface area contributed by atoms with E-state index in [9.17, 15) is 9.90 Å². The summed E-state index contributed by atoms with van der Waals surface area (Å²) in [6.07, 6.45) is 0. The monoisotopic (exact) mass is 316 g/mol. The lowest BCUT2D eigenvalue weighted by Gasteiger charge is -2.30. The van der Waals surface area contributed by atoms with Crippen LogP contribution in [0.4, 0.5) is 0 Å². The Morgan fingerprint density at radius 2 is 1.42 bits per heavy atom. The number of hydrogen-bond donors (Lipinski definition) is 1. The number of carbonyl (C=O) groups is 1. The van der Waals surface area contributed by atoms with Crippen LogP contribution in [-0.2, 0) is 10.3 Å². The predicted molar refractivity (Wildman–Crippen MR) is 91.0 cm³/mol. The Morgan fingerprint density at radius 1 is 0.833 bits per heavy atom. The van der Waals surface area contributed by atoms with Gasteiger partial charge in [0.05, 0.1) is 5.56 Å². The molecular formula is C21H16O3. The standard InChI is InChI=1S/C21H16O3/c1-14-6-8-15(9-7-14)21(16-10-12-17(22)13-11-16)19-5-3-2-4-18(19)20(23)24-21/h2-13,22H,1H3. The Bertz CT molecular complexity index is 863. The largest absolute Gasteiger partial charge is 0.508 e. The average molecular weight is 316 g/mol. The molecular weight excluding hydrogens is 300 g/mol. The first-order chi connectivity index (χ1) is 11.6. The molecule has 3 heteroatoms. The first-order valence-corrected chi connectivity index (χ1v) is 7.81. The first-order valence-electron chi connectivity index (χ1n) is 7.81. The third kappa shape index (κ3) is 2.02. The number of aromatic hydroxyl groups is 1. The normalized spacial score (nSPS) is 19.0. The zero-order valence-electron chi connectivity index (χ0n) is 13.2. The molecule has 0 bridgehead atoms. The van der Waals surface area contributed by atoms with Gasteiger partial charge in [0, 0.05) is 16.7 Å². The van der Waals surface area contributed by atoms with E-state index >= 15 is 0 Å². The maximum absolute atomic E-state index is 12.5. The van der Waals surface area contributed by atoms with Gasteiger partial charge >= 0.3 is 5.97 Å². The molecule has 1 N–H and O–H groups in total. The molecule has 3 aromatic carbocycles. The molecule has 3 nitrogen and oxygen atoms in total. The maximum atomic E-state index is 12.5. The van der Waals surface area contributed by atoms with Crippen molar-refractivity contribution in [3.8, 4) is 5.75 Å². The van der Waals surface area contributed by atoms with Crippen molar-refractivity contribution in [3.63, 3.8) is 0 Å². The highest BCUT2D eigenvalue weighted by Crippen LogP contribution is 2.47. The number of aryl methyl sites for hydroxylation is 1. The van der Waals surface area contributed by atoms with E-state index < -0.39 is 5.60 Å². The third-order valence-electron chi connectivity index (χ3n) is 4.50. The summed E-state index contributed by atoms with van der Waals surface area (Å²) in [7, 11) is 0. The van der Waals surface area contributed by atoms with Crippen LogP contribution in [0.25, 0.3) is 0 Å². The molecule has 0 radical (unpaired) electrons. The number of rotatable bonds is 2. The minimum Gasteiger partial charge on any atom is -0.508 e. The van der Waals surface area contributed by atoms with Gasteiger partial charge in [-0.3, -0.25) is 0 Å². The van der Waals surface area contributed by atoms with Gasteiger partial charge in [0.2, 0.25) is 0 Å². The molecule has 24 heavy (non-hydrogen) atoms. The molecule has 0 fully saturated rings. The zero-order valence-corrected chi connectivity index (χ0v) is 13.2. The van der Waals surface area contributed by atoms with Crippen LogP contribution in [0.5, 0.6) is 5.75 Å². The van der Waals surface area contributed by atoms with Gasteiger partial charge in [-0.25, -0.2) is 4.79 Å². The van der Waals surface area contributed by atoms with E-state index in [1.165, 1.54) is 0 Å². The molecule has 1 heterocycles. The van der Waals surface area contributed by atoms with E-state index in [4.69, 9.17) is 4.74 Å². The number of ether oxygens (including phenoxy) is 1. The van der Waals surface area contributed by atoms with Crippen LogP contribution in [0.2, 0.25) is 0 Å². The minimum absolute atomic E-state index is 0.176. The van der Waals surface area contributed by atoms with E-state index in [0.29, 0.717) is 5.56 Å². The van der Waals surface area contributed by atoms with Crippen LogP contribution in [0.3, 0.4) is 0 Å². The average Bonchev–Trinajstić information content (AvgIpc) is 2.91. The fraction of sp³-hybridized carbons (Fsp3) is 0.0952. The quantitative estimate of drug-likeness (QED) is 0.722. The number of cyclic esters (lactones) is 1. The van der Waals surface area contributed by atoms with E-state index in [0.717, 1.165) is 22.3 Å². The molecule has 1 unspecified atom stereocenters. The Balaban J connectivity index is 2.03. The molecule has 0 saturated heterocycles. The van der Waals surface area contributed by atoms with E-state index in [-0.39, 0.29) is 11.7 Å². The van der Waals surface area contributed by atoms with Crippen molar-refractivity contribution < 1.29 is 14.6 Å². The van der Waals surface area contributed by atoms with Gasteiger partial charge in [-0.15, -0.1) is 0 Å². The molecule has 1 aliphatic rings. The molecule has 0 aromatic heterocycles. The van der Waals surface area contributed by atoms with Crippen molar-refractivity contribution >= 4 is 5.97 Å². The van der Waals surface area contributed by atoms with Crippen molar-refractivity contribution in [3.05, 3.63) is 101 Å². The lowest BCUT2D eigenvalue weighted by atomic mass is 9.80. The smallest absolute Gasteiger partial charge is 0.340 e. The molecule has 0 amide bonds. The molecule has 118 valence electrons. The predicted octanol–water partition coefficient (Wildman–Crippen LogP) is 4.16. The van der Waals surface area contributed by atoms with Gasteiger partial charge in [0.25, 0.3) is 0 Å².